The highest BCUT2D eigenvalue weighted by Crippen LogP contribution is 2.30. The molecule has 0 aromatic heterocycles. The molecule has 1 aliphatic carbocycles. The van der Waals surface area contributed by atoms with Gasteiger partial charge in [-0.25, -0.2) is 0 Å². The van der Waals surface area contributed by atoms with E-state index in [1.165, 1.54) is 16.7 Å². The Hall–Kier alpha value is -2.29. The quantitative estimate of drug-likeness (QED) is 0.862. The molecule has 3 heteroatoms. The average molecular weight is 337 g/mol. The molecule has 1 aliphatic rings. The van der Waals surface area contributed by atoms with Crippen molar-refractivity contribution < 1.29 is 9.53 Å². The maximum absolute atomic E-state index is 12.8. The third-order valence-corrected chi connectivity index (χ3v) is 5.17. The molecule has 0 aliphatic heterocycles. The zero-order valence-electron chi connectivity index (χ0n) is 15.3. The maximum Gasteiger partial charge on any atom is 0.261 e. The SMILES string of the molecule is CC[C@H](Oc1cccc(C)c1C)C(=O)N[C@@H]1CCCc2ccccc21. The van der Waals surface area contributed by atoms with Gasteiger partial charge < -0.3 is 10.1 Å². The summed E-state index contributed by atoms with van der Waals surface area (Å²) in [5, 5.41) is 3.22. The number of amides is 1. The fourth-order valence-electron chi connectivity index (χ4n) is 3.50. The Morgan fingerprint density at radius 3 is 2.80 bits per heavy atom. The van der Waals surface area contributed by atoms with Crippen LogP contribution < -0.4 is 10.1 Å². The lowest BCUT2D eigenvalue weighted by Gasteiger charge is -2.28. The Kier molecular flexibility index (Phi) is 5.42. The van der Waals surface area contributed by atoms with E-state index in [2.05, 4.69) is 36.5 Å². The number of rotatable bonds is 5. The Labute approximate surface area is 150 Å². The molecule has 2 atom stereocenters. The molecule has 0 saturated heterocycles. The van der Waals surface area contributed by atoms with Crippen molar-refractivity contribution in [2.24, 2.45) is 0 Å². The lowest BCUT2D eigenvalue weighted by Crippen LogP contribution is -2.41. The van der Waals surface area contributed by atoms with Crippen molar-refractivity contribution in [3.8, 4) is 5.75 Å². The van der Waals surface area contributed by atoms with E-state index in [0.717, 1.165) is 30.6 Å². The van der Waals surface area contributed by atoms with Crippen molar-refractivity contribution in [1.82, 2.24) is 5.32 Å². The Morgan fingerprint density at radius 2 is 2.00 bits per heavy atom. The summed E-state index contributed by atoms with van der Waals surface area (Å²) in [4.78, 5) is 12.8. The predicted molar refractivity (Wildman–Crippen MR) is 101 cm³/mol. The van der Waals surface area contributed by atoms with Crippen molar-refractivity contribution in [2.75, 3.05) is 0 Å². The molecule has 25 heavy (non-hydrogen) atoms. The first-order valence-corrected chi connectivity index (χ1v) is 9.21. The van der Waals surface area contributed by atoms with Gasteiger partial charge in [-0.2, -0.15) is 0 Å². The molecule has 0 fully saturated rings. The number of benzene rings is 2. The number of hydrogen-bond donors (Lipinski definition) is 1. The van der Waals surface area contributed by atoms with Crippen molar-refractivity contribution in [2.45, 2.75) is 58.6 Å². The van der Waals surface area contributed by atoms with Crippen LogP contribution in [0.4, 0.5) is 0 Å². The van der Waals surface area contributed by atoms with Crippen molar-refractivity contribution in [1.29, 1.82) is 0 Å². The first-order chi connectivity index (χ1) is 12.1. The standard InChI is InChI=1S/C22H27NO2/c1-4-20(25-21-14-7-9-15(2)16(21)3)22(24)23-19-13-8-11-17-10-5-6-12-18(17)19/h5-7,9-10,12,14,19-20H,4,8,11,13H2,1-3H3,(H,23,24)/t19-,20+/m1/s1. The molecule has 132 valence electrons. The lowest BCUT2D eigenvalue weighted by atomic mass is 9.87. The molecular weight excluding hydrogens is 310 g/mol. The van der Waals surface area contributed by atoms with Gasteiger partial charge in [0.25, 0.3) is 5.91 Å². The minimum absolute atomic E-state index is 0.0230. The van der Waals surface area contributed by atoms with Gasteiger partial charge >= 0.3 is 0 Å². The van der Waals surface area contributed by atoms with Gasteiger partial charge in [-0.05, 0) is 67.9 Å². The highest BCUT2D eigenvalue weighted by atomic mass is 16.5. The largest absolute Gasteiger partial charge is 0.480 e. The minimum atomic E-state index is -0.463. The second-order valence-electron chi connectivity index (χ2n) is 6.87. The molecule has 0 radical (unpaired) electrons. The summed E-state index contributed by atoms with van der Waals surface area (Å²) in [6.45, 7) is 6.08. The summed E-state index contributed by atoms with van der Waals surface area (Å²) in [5.41, 5.74) is 4.87. The molecule has 0 bridgehead atoms. The van der Waals surface area contributed by atoms with E-state index in [0.29, 0.717) is 6.42 Å². The number of carbonyl (C=O) groups is 1. The number of aryl methyl sites for hydroxylation is 2. The Balaban J connectivity index is 1.72. The average Bonchev–Trinajstić information content (AvgIpc) is 2.63. The smallest absolute Gasteiger partial charge is 0.261 e. The first-order valence-electron chi connectivity index (χ1n) is 9.21. The van der Waals surface area contributed by atoms with E-state index in [1.807, 2.05) is 32.0 Å². The molecule has 2 aromatic rings. The lowest BCUT2D eigenvalue weighted by molar-refractivity contribution is -0.129. The van der Waals surface area contributed by atoms with E-state index in [9.17, 15) is 4.79 Å². The number of nitrogens with one attached hydrogen (secondary N) is 1. The number of hydrogen-bond acceptors (Lipinski definition) is 2. The Bertz CT molecular complexity index is 753. The van der Waals surface area contributed by atoms with E-state index in [-0.39, 0.29) is 11.9 Å². The molecule has 1 N–H and O–H groups in total. The molecule has 0 saturated carbocycles. The van der Waals surface area contributed by atoms with Crippen LogP contribution in [-0.2, 0) is 11.2 Å². The Morgan fingerprint density at radius 1 is 1.20 bits per heavy atom. The molecule has 0 unspecified atom stereocenters. The van der Waals surface area contributed by atoms with Gasteiger partial charge in [-0.1, -0.05) is 43.3 Å². The van der Waals surface area contributed by atoms with Gasteiger partial charge in [-0.3, -0.25) is 4.79 Å². The van der Waals surface area contributed by atoms with Gasteiger partial charge in [0, 0.05) is 0 Å². The topological polar surface area (TPSA) is 38.3 Å². The molecule has 1 amide bonds. The molecule has 3 nitrogen and oxygen atoms in total. The summed E-state index contributed by atoms with van der Waals surface area (Å²) < 4.78 is 6.05. The second kappa shape index (κ2) is 7.73. The van der Waals surface area contributed by atoms with E-state index in [1.54, 1.807) is 0 Å². The second-order valence-corrected chi connectivity index (χ2v) is 6.87. The van der Waals surface area contributed by atoms with Crippen LogP contribution in [0.25, 0.3) is 0 Å². The molecule has 2 aromatic carbocycles. The molecular formula is C22H27NO2. The fourth-order valence-corrected chi connectivity index (χ4v) is 3.50. The molecule has 3 rings (SSSR count). The third kappa shape index (κ3) is 3.87. The zero-order valence-corrected chi connectivity index (χ0v) is 15.3. The van der Waals surface area contributed by atoms with E-state index >= 15 is 0 Å². The summed E-state index contributed by atoms with van der Waals surface area (Å²) >= 11 is 0. The number of carbonyl (C=O) groups excluding carboxylic acids is 1. The normalized spacial score (nSPS) is 17.5. The summed E-state index contributed by atoms with van der Waals surface area (Å²) in [7, 11) is 0. The maximum atomic E-state index is 12.8. The van der Waals surface area contributed by atoms with Crippen LogP contribution in [0.5, 0.6) is 5.75 Å². The van der Waals surface area contributed by atoms with Crippen LogP contribution in [0.3, 0.4) is 0 Å². The van der Waals surface area contributed by atoms with Crippen LogP contribution in [0, 0.1) is 13.8 Å². The van der Waals surface area contributed by atoms with Crippen molar-refractivity contribution in [3.63, 3.8) is 0 Å². The first kappa shape index (κ1) is 17.5. The van der Waals surface area contributed by atoms with Crippen LogP contribution in [-0.4, -0.2) is 12.0 Å². The van der Waals surface area contributed by atoms with Gasteiger partial charge in [-0.15, -0.1) is 0 Å². The van der Waals surface area contributed by atoms with Crippen molar-refractivity contribution in [3.05, 3.63) is 64.7 Å². The van der Waals surface area contributed by atoms with Crippen molar-refractivity contribution >= 4 is 5.91 Å². The molecule has 0 heterocycles. The monoisotopic (exact) mass is 337 g/mol. The minimum Gasteiger partial charge on any atom is -0.480 e. The van der Waals surface area contributed by atoms with Gasteiger partial charge in [0.1, 0.15) is 5.75 Å². The fraction of sp³-hybridized carbons (Fsp3) is 0.409. The van der Waals surface area contributed by atoms with Crippen LogP contribution in [0.1, 0.15) is 54.5 Å². The van der Waals surface area contributed by atoms with Gasteiger partial charge in [0.05, 0.1) is 6.04 Å². The van der Waals surface area contributed by atoms with E-state index < -0.39 is 6.10 Å². The molecule has 0 spiro atoms. The summed E-state index contributed by atoms with van der Waals surface area (Å²) in [6.07, 6.45) is 3.38. The highest BCUT2D eigenvalue weighted by Gasteiger charge is 2.26. The predicted octanol–water partition coefficient (Wildman–Crippen LogP) is 4.65. The van der Waals surface area contributed by atoms with E-state index in [4.69, 9.17) is 4.74 Å². The summed E-state index contributed by atoms with van der Waals surface area (Å²) in [5.74, 6) is 0.774. The van der Waals surface area contributed by atoms with Gasteiger partial charge in [0.2, 0.25) is 0 Å². The van der Waals surface area contributed by atoms with Crippen LogP contribution in [0.2, 0.25) is 0 Å². The summed E-state index contributed by atoms with van der Waals surface area (Å²) in [6, 6.07) is 14.5. The zero-order chi connectivity index (χ0) is 17.8. The van der Waals surface area contributed by atoms with Gasteiger partial charge in [0.15, 0.2) is 6.10 Å². The third-order valence-electron chi connectivity index (χ3n) is 5.17. The van der Waals surface area contributed by atoms with Crippen LogP contribution in [0.15, 0.2) is 42.5 Å². The number of ether oxygens (including phenoxy) is 1. The van der Waals surface area contributed by atoms with Crippen LogP contribution >= 0.6 is 0 Å². The highest BCUT2D eigenvalue weighted by molar-refractivity contribution is 5.81. The number of fused-ring (bicyclic) bond motifs is 1.